The smallest absolute Gasteiger partial charge is 0.335 e. The summed E-state index contributed by atoms with van der Waals surface area (Å²) in [6.45, 7) is 1.75. The van der Waals surface area contributed by atoms with Gasteiger partial charge < -0.3 is 4.74 Å². The average molecular weight is 465 g/mol. The van der Waals surface area contributed by atoms with Gasteiger partial charge in [-0.3, -0.25) is 14.9 Å². The molecule has 3 aromatic rings. The van der Waals surface area contributed by atoms with Crippen molar-refractivity contribution < 1.29 is 23.5 Å². The van der Waals surface area contributed by atoms with E-state index in [1.807, 2.05) is 0 Å². The van der Waals surface area contributed by atoms with Crippen LogP contribution < -0.4 is 15.0 Å². The topological polar surface area (TPSA) is 75.7 Å². The second kappa shape index (κ2) is 9.26. The normalized spacial score (nSPS) is 15.1. The standard InChI is InChI=1S/C25H18ClFN2O4/c1-15-6-2-5-9-21(15)29-24(31)18(23(30)28-25(29)32)12-16-10-11-22(19(26)13-16)33-14-17-7-3-4-8-20(17)27/h2-13H,14H2,1H3,(H,28,30,32)/b18-12+. The number of nitrogens with zero attached hydrogens (tertiary/aromatic N) is 1. The highest BCUT2D eigenvalue weighted by molar-refractivity contribution is 6.39. The molecule has 1 heterocycles. The number of nitrogens with one attached hydrogen (secondary N) is 1. The first-order chi connectivity index (χ1) is 15.8. The number of urea groups is 1. The fourth-order valence-corrected chi connectivity index (χ4v) is 3.60. The van der Waals surface area contributed by atoms with Gasteiger partial charge in [-0.05, 0) is 48.4 Å². The molecule has 0 unspecified atom stereocenters. The number of para-hydroxylation sites is 1. The SMILES string of the molecule is Cc1ccccc1N1C(=O)NC(=O)/C(=C\c2ccc(OCc3ccccc3F)c(Cl)c2)C1=O. The van der Waals surface area contributed by atoms with E-state index < -0.39 is 17.8 Å². The molecule has 4 amide bonds. The van der Waals surface area contributed by atoms with Crippen LogP contribution in [0.2, 0.25) is 5.02 Å². The van der Waals surface area contributed by atoms with Crippen molar-refractivity contribution in [3.63, 3.8) is 0 Å². The number of carbonyl (C=O) groups is 3. The molecule has 1 N–H and O–H groups in total. The minimum Gasteiger partial charge on any atom is -0.487 e. The Bertz CT molecular complexity index is 1310. The van der Waals surface area contributed by atoms with Gasteiger partial charge in [-0.25, -0.2) is 14.1 Å². The molecule has 1 saturated heterocycles. The van der Waals surface area contributed by atoms with Gasteiger partial charge in [-0.1, -0.05) is 54.1 Å². The molecule has 0 aromatic heterocycles. The number of amides is 4. The predicted octanol–water partition coefficient (Wildman–Crippen LogP) is 5.03. The zero-order chi connectivity index (χ0) is 23.5. The highest BCUT2D eigenvalue weighted by atomic mass is 35.5. The molecule has 0 radical (unpaired) electrons. The summed E-state index contributed by atoms with van der Waals surface area (Å²) < 4.78 is 19.4. The second-order valence-electron chi connectivity index (χ2n) is 7.31. The van der Waals surface area contributed by atoms with Crippen molar-refractivity contribution in [2.75, 3.05) is 4.90 Å². The Morgan fingerprint density at radius 1 is 1.03 bits per heavy atom. The molecule has 1 aliphatic rings. The summed E-state index contributed by atoms with van der Waals surface area (Å²) in [6, 6.07) is 17.0. The number of rotatable bonds is 5. The Labute approximate surface area is 194 Å². The minimum absolute atomic E-state index is 0.0127. The van der Waals surface area contributed by atoms with Crippen molar-refractivity contribution in [1.29, 1.82) is 0 Å². The Hall–Kier alpha value is -3.97. The van der Waals surface area contributed by atoms with E-state index in [0.717, 1.165) is 4.90 Å². The second-order valence-corrected chi connectivity index (χ2v) is 7.72. The average Bonchev–Trinajstić information content (AvgIpc) is 2.78. The van der Waals surface area contributed by atoms with Gasteiger partial charge in [0.1, 0.15) is 23.7 Å². The largest absolute Gasteiger partial charge is 0.487 e. The Morgan fingerprint density at radius 3 is 2.48 bits per heavy atom. The predicted molar refractivity (Wildman–Crippen MR) is 122 cm³/mol. The first-order valence-corrected chi connectivity index (χ1v) is 10.4. The fourth-order valence-electron chi connectivity index (χ4n) is 3.35. The summed E-state index contributed by atoms with van der Waals surface area (Å²) >= 11 is 6.30. The van der Waals surface area contributed by atoms with Crippen LogP contribution in [0, 0.1) is 12.7 Å². The summed E-state index contributed by atoms with van der Waals surface area (Å²) in [6.07, 6.45) is 1.35. The molecule has 33 heavy (non-hydrogen) atoms. The quantitative estimate of drug-likeness (QED) is 0.424. The van der Waals surface area contributed by atoms with Crippen molar-refractivity contribution in [3.8, 4) is 5.75 Å². The van der Waals surface area contributed by atoms with Crippen molar-refractivity contribution in [2.24, 2.45) is 0 Å². The van der Waals surface area contributed by atoms with Crippen LogP contribution in [0.4, 0.5) is 14.9 Å². The van der Waals surface area contributed by atoms with Crippen molar-refractivity contribution in [2.45, 2.75) is 13.5 Å². The van der Waals surface area contributed by atoms with Gasteiger partial charge in [0.2, 0.25) is 0 Å². The summed E-state index contributed by atoms with van der Waals surface area (Å²) in [4.78, 5) is 38.7. The maximum absolute atomic E-state index is 13.8. The third-order valence-electron chi connectivity index (χ3n) is 5.07. The molecule has 3 aromatic carbocycles. The summed E-state index contributed by atoms with van der Waals surface area (Å²) in [5, 5.41) is 2.41. The number of hydrogen-bond donors (Lipinski definition) is 1. The molecule has 6 nitrogen and oxygen atoms in total. The van der Waals surface area contributed by atoms with E-state index in [4.69, 9.17) is 16.3 Å². The summed E-state index contributed by atoms with van der Waals surface area (Å²) in [5.41, 5.74) is 1.71. The molecule has 4 rings (SSSR count). The number of halogens is 2. The number of ether oxygens (including phenoxy) is 1. The molecular formula is C25H18ClFN2O4. The van der Waals surface area contributed by atoms with Crippen LogP contribution in [0.25, 0.3) is 6.08 Å². The number of imide groups is 2. The number of hydrogen-bond acceptors (Lipinski definition) is 4. The van der Waals surface area contributed by atoms with Gasteiger partial charge in [0.05, 0.1) is 10.7 Å². The molecule has 0 bridgehead atoms. The Morgan fingerprint density at radius 2 is 1.76 bits per heavy atom. The summed E-state index contributed by atoms with van der Waals surface area (Å²) in [5.74, 6) is -1.61. The molecule has 0 aliphatic carbocycles. The molecule has 8 heteroatoms. The number of carbonyl (C=O) groups excluding carboxylic acids is 3. The van der Waals surface area contributed by atoms with E-state index in [1.165, 1.54) is 18.2 Å². The van der Waals surface area contributed by atoms with Gasteiger partial charge >= 0.3 is 6.03 Å². The van der Waals surface area contributed by atoms with Crippen LogP contribution in [0.15, 0.2) is 72.3 Å². The van der Waals surface area contributed by atoms with E-state index >= 15 is 0 Å². The molecule has 0 spiro atoms. The number of benzene rings is 3. The van der Waals surface area contributed by atoms with Crippen molar-refractivity contribution in [1.82, 2.24) is 5.32 Å². The van der Waals surface area contributed by atoms with E-state index in [2.05, 4.69) is 5.32 Å². The number of barbiturate groups is 1. The van der Waals surface area contributed by atoms with Crippen molar-refractivity contribution in [3.05, 3.63) is 99.8 Å². The first-order valence-electron chi connectivity index (χ1n) is 9.98. The Balaban J connectivity index is 1.58. The third kappa shape index (κ3) is 4.63. The zero-order valence-electron chi connectivity index (χ0n) is 17.5. The van der Waals surface area contributed by atoms with Crippen LogP contribution >= 0.6 is 11.6 Å². The molecule has 1 fully saturated rings. The molecule has 1 aliphatic heterocycles. The van der Waals surface area contributed by atoms with Crippen LogP contribution in [-0.4, -0.2) is 17.8 Å². The highest BCUT2D eigenvalue weighted by Gasteiger charge is 2.37. The molecular weight excluding hydrogens is 447 g/mol. The van der Waals surface area contributed by atoms with Gasteiger partial charge in [-0.15, -0.1) is 0 Å². The van der Waals surface area contributed by atoms with E-state index in [-0.39, 0.29) is 23.0 Å². The number of aryl methyl sites for hydroxylation is 1. The van der Waals surface area contributed by atoms with Crippen molar-refractivity contribution >= 4 is 41.2 Å². The Kier molecular flexibility index (Phi) is 6.24. The lowest BCUT2D eigenvalue weighted by atomic mass is 10.1. The van der Waals surface area contributed by atoms with Crippen LogP contribution in [0.1, 0.15) is 16.7 Å². The number of anilines is 1. The van der Waals surface area contributed by atoms with E-state index in [9.17, 15) is 18.8 Å². The lowest BCUT2D eigenvalue weighted by Gasteiger charge is -2.27. The van der Waals surface area contributed by atoms with Crippen LogP contribution in [0.3, 0.4) is 0 Å². The van der Waals surface area contributed by atoms with Gasteiger partial charge in [0.25, 0.3) is 11.8 Å². The molecule has 0 saturated carbocycles. The maximum atomic E-state index is 13.8. The lowest BCUT2D eigenvalue weighted by molar-refractivity contribution is -0.122. The first kappa shape index (κ1) is 22.2. The van der Waals surface area contributed by atoms with Gasteiger partial charge in [-0.2, -0.15) is 0 Å². The summed E-state index contributed by atoms with van der Waals surface area (Å²) in [7, 11) is 0. The highest BCUT2D eigenvalue weighted by Crippen LogP contribution is 2.29. The monoisotopic (exact) mass is 464 g/mol. The van der Waals surface area contributed by atoms with Crippen LogP contribution in [0.5, 0.6) is 5.75 Å². The lowest BCUT2D eigenvalue weighted by Crippen LogP contribution is -2.54. The molecule has 166 valence electrons. The zero-order valence-corrected chi connectivity index (χ0v) is 18.2. The van der Waals surface area contributed by atoms with Gasteiger partial charge in [0, 0.05) is 5.56 Å². The van der Waals surface area contributed by atoms with E-state index in [0.29, 0.717) is 28.1 Å². The maximum Gasteiger partial charge on any atom is 0.335 e. The fraction of sp³-hybridized carbons (Fsp3) is 0.0800. The van der Waals surface area contributed by atoms with E-state index in [1.54, 1.807) is 61.5 Å². The third-order valence-corrected chi connectivity index (χ3v) is 5.36. The van der Waals surface area contributed by atoms with Gasteiger partial charge in [0.15, 0.2) is 0 Å². The molecule has 0 atom stereocenters. The minimum atomic E-state index is -0.814. The van der Waals surface area contributed by atoms with Crippen LogP contribution in [-0.2, 0) is 16.2 Å².